The number of hydrogen-bond donors (Lipinski definition) is 2. The van der Waals surface area contributed by atoms with Gasteiger partial charge in [0.15, 0.2) is 0 Å². The van der Waals surface area contributed by atoms with Crippen molar-refractivity contribution in [1.82, 2.24) is 20.4 Å². The molecule has 164 valence electrons. The molecule has 29 heavy (non-hydrogen) atoms. The third-order valence-corrected chi connectivity index (χ3v) is 5.72. The number of rotatable bonds is 12. The monoisotopic (exact) mass is 408 g/mol. The second-order valence-corrected chi connectivity index (χ2v) is 8.11. The maximum atomic E-state index is 12.5. The van der Waals surface area contributed by atoms with Gasteiger partial charge in [0, 0.05) is 39.0 Å². The minimum Gasteiger partial charge on any atom is -0.356 e. The molecule has 5 amide bonds. The molecule has 0 aromatic rings. The molecule has 0 radical (unpaired) electrons. The Morgan fingerprint density at radius 3 is 2.34 bits per heavy atom. The first kappa shape index (κ1) is 23.2. The van der Waals surface area contributed by atoms with Crippen LogP contribution >= 0.6 is 0 Å². The van der Waals surface area contributed by atoms with Crippen molar-refractivity contribution >= 4 is 23.8 Å². The van der Waals surface area contributed by atoms with E-state index in [0.29, 0.717) is 38.8 Å². The lowest BCUT2D eigenvalue weighted by molar-refractivity contribution is -0.132. The zero-order chi connectivity index (χ0) is 21.3. The Balaban J connectivity index is 1.61. The Labute approximate surface area is 173 Å². The molecule has 1 spiro atoms. The lowest BCUT2D eigenvalue weighted by Gasteiger charge is -2.21. The van der Waals surface area contributed by atoms with Crippen LogP contribution in [0.25, 0.3) is 0 Å². The van der Waals surface area contributed by atoms with Gasteiger partial charge in [0.2, 0.25) is 11.8 Å². The van der Waals surface area contributed by atoms with E-state index >= 15 is 0 Å². The summed E-state index contributed by atoms with van der Waals surface area (Å²) in [4.78, 5) is 52.0. The SMILES string of the molecule is CCCN(CCC)C(=O)CCCC(=O)NCCCN1C(=O)NC2(CCCC2)C1=O. The number of urea groups is 1. The predicted molar refractivity (Wildman–Crippen MR) is 110 cm³/mol. The van der Waals surface area contributed by atoms with Gasteiger partial charge in [-0.3, -0.25) is 19.3 Å². The molecule has 1 heterocycles. The van der Waals surface area contributed by atoms with Crippen LogP contribution in [0.5, 0.6) is 0 Å². The minimum atomic E-state index is -0.670. The van der Waals surface area contributed by atoms with Gasteiger partial charge in [-0.15, -0.1) is 0 Å². The standard InChI is InChI=1S/C21H36N4O4/c1-3-14-24(15-4-2)18(27)10-7-9-17(26)22-13-8-16-25-19(28)21(23-20(25)29)11-5-6-12-21/h3-16H2,1-2H3,(H,22,26)(H,23,29). The van der Waals surface area contributed by atoms with Crippen LogP contribution in [0.4, 0.5) is 4.79 Å². The molecule has 1 aliphatic carbocycles. The Hall–Kier alpha value is -2.12. The molecule has 0 aromatic heterocycles. The highest BCUT2D eigenvalue weighted by Crippen LogP contribution is 2.34. The smallest absolute Gasteiger partial charge is 0.325 e. The summed E-state index contributed by atoms with van der Waals surface area (Å²) in [5.74, 6) is -0.103. The van der Waals surface area contributed by atoms with Crippen LogP contribution in [0.15, 0.2) is 0 Å². The molecule has 1 saturated heterocycles. The highest BCUT2D eigenvalue weighted by Gasteiger charge is 2.51. The van der Waals surface area contributed by atoms with Crippen LogP contribution in [0, 0.1) is 0 Å². The fourth-order valence-corrected chi connectivity index (χ4v) is 4.21. The van der Waals surface area contributed by atoms with Gasteiger partial charge in [-0.05, 0) is 38.5 Å². The molecule has 8 heteroatoms. The molecule has 1 aliphatic heterocycles. The van der Waals surface area contributed by atoms with Crippen molar-refractivity contribution in [3.8, 4) is 0 Å². The molecule has 0 atom stereocenters. The minimum absolute atomic E-state index is 0.0974. The van der Waals surface area contributed by atoms with Crippen molar-refractivity contribution in [2.75, 3.05) is 26.2 Å². The molecule has 2 rings (SSSR count). The maximum absolute atomic E-state index is 12.5. The summed E-state index contributed by atoms with van der Waals surface area (Å²) in [6.07, 6.45) is 7.00. The van der Waals surface area contributed by atoms with Gasteiger partial charge in [-0.1, -0.05) is 26.7 Å². The second kappa shape index (κ2) is 11.2. The summed E-state index contributed by atoms with van der Waals surface area (Å²) in [7, 11) is 0. The van der Waals surface area contributed by atoms with E-state index in [0.717, 1.165) is 51.6 Å². The number of amides is 5. The molecule has 2 N–H and O–H groups in total. The Morgan fingerprint density at radius 2 is 1.72 bits per heavy atom. The molecule has 2 aliphatic rings. The fourth-order valence-electron chi connectivity index (χ4n) is 4.21. The lowest BCUT2D eigenvalue weighted by atomic mass is 9.98. The third-order valence-electron chi connectivity index (χ3n) is 5.72. The molecule has 0 aromatic carbocycles. The molecule has 8 nitrogen and oxygen atoms in total. The summed E-state index contributed by atoms with van der Waals surface area (Å²) < 4.78 is 0. The fraction of sp³-hybridized carbons (Fsp3) is 0.810. The van der Waals surface area contributed by atoms with Crippen LogP contribution in [-0.4, -0.2) is 65.3 Å². The van der Waals surface area contributed by atoms with Gasteiger partial charge in [0.05, 0.1) is 0 Å². The third kappa shape index (κ3) is 6.18. The Morgan fingerprint density at radius 1 is 1.07 bits per heavy atom. The van der Waals surface area contributed by atoms with Gasteiger partial charge < -0.3 is 15.5 Å². The maximum Gasteiger partial charge on any atom is 0.325 e. The van der Waals surface area contributed by atoms with Crippen molar-refractivity contribution < 1.29 is 19.2 Å². The van der Waals surface area contributed by atoms with E-state index in [4.69, 9.17) is 0 Å². The summed E-state index contributed by atoms with van der Waals surface area (Å²) in [6, 6.07) is -0.314. The topological polar surface area (TPSA) is 98.8 Å². The number of nitrogens with zero attached hydrogens (tertiary/aromatic N) is 2. The van der Waals surface area contributed by atoms with Gasteiger partial charge >= 0.3 is 6.03 Å². The summed E-state index contributed by atoms with van der Waals surface area (Å²) >= 11 is 0. The number of nitrogens with one attached hydrogen (secondary N) is 2. The van der Waals surface area contributed by atoms with Crippen molar-refractivity contribution in [3.05, 3.63) is 0 Å². The first-order valence-electron chi connectivity index (χ1n) is 11.1. The molecule has 0 bridgehead atoms. The van der Waals surface area contributed by atoms with E-state index in [1.54, 1.807) is 0 Å². The summed E-state index contributed by atoms with van der Waals surface area (Å²) in [5.41, 5.74) is -0.670. The van der Waals surface area contributed by atoms with E-state index in [9.17, 15) is 19.2 Å². The molecular weight excluding hydrogens is 372 g/mol. The van der Waals surface area contributed by atoms with Crippen molar-refractivity contribution in [2.45, 2.75) is 83.6 Å². The first-order valence-corrected chi connectivity index (χ1v) is 11.1. The normalized spacial score (nSPS) is 17.7. The van der Waals surface area contributed by atoms with Gasteiger partial charge in [-0.2, -0.15) is 0 Å². The van der Waals surface area contributed by atoms with E-state index in [2.05, 4.69) is 24.5 Å². The molecule has 0 unspecified atom stereocenters. The lowest BCUT2D eigenvalue weighted by Crippen LogP contribution is -2.44. The largest absolute Gasteiger partial charge is 0.356 e. The average molecular weight is 409 g/mol. The quantitative estimate of drug-likeness (QED) is 0.382. The Kier molecular flexibility index (Phi) is 8.92. The second-order valence-electron chi connectivity index (χ2n) is 8.11. The van der Waals surface area contributed by atoms with E-state index in [-0.39, 0.29) is 23.8 Å². The Bertz CT molecular complexity index is 595. The van der Waals surface area contributed by atoms with Crippen LogP contribution in [-0.2, 0) is 14.4 Å². The summed E-state index contributed by atoms with van der Waals surface area (Å²) in [6.45, 7) is 6.36. The van der Waals surface area contributed by atoms with E-state index in [1.807, 2.05) is 4.90 Å². The van der Waals surface area contributed by atoms with Crippen molar-refractivity contribution in [3.63, 3.8) is 0 Å². The van der Waals surface area contributed by atoms with Crippen LogP contribution in [0.3, 0.4) is 0 Å². The number of imide groups is 1. The van der Waals surface area contributed by atoms with Crippen molar-refractivity contribution in [2.24, 2.45) is 0 Å². The van der Waals surface area contributed by atoms with Gasteiger partial charge in [0.25, 0.3) is 5.91 Å². The zero-order valence-corrected chi connectivity index (χ0v) is 17.9. The zero-order valence-electron chi connectivity index (χ0n) is 17.9. The molecule has 2 fully saturated rings. The van der Waals surface area contributed by atoms with Crippen molar-refractivity contribution in [1.29, 1.82) is 0 Å². The summed E-state index contributed by atoms with van der Waals surface area (Å²) in [5, 5.41) is 5.68. The predicted octanol–water partition coefficient (Wildman–Crippen LogP) is 2.18. The van der Waals surface area contributed by atoms with E-state index in [1.165, 1.54) is 4.90 Å². The highest BCUT2D eigenvalue weighted by molar-refractivity contribution is 6.07. The number of carbonyl (C=O) groups is 4. The van der Waals surface area contributed by atoms with Crippen LogP contribution in [0.1, 0.15) is 78.1 Å². The first-order chi connectivity index (χ1) is 13.9. The average Bonchev–Trinajstić information content (AvgIpc) is 3.24. The number of hydrogen-bond acceptors (Lipinski definition) is 4. The highest BCUT2D eigenvalue weighted by atomic mass is 16.2. The van der Waals surface area contributed by atoms with Crippen LogP contribution < -0.4 is 10.6 Å². The number of carbonyl (C=O) groups excluding carboxylic acids is 4. The van der Waals surface area contributed by atoms with Crippen LogP contribution in [0.2, 0.25) is 0 Å². The van der Waals surface area contributed by atoms with E-state index < -0.39 is 5.54 Å². The molecular formula is C21H36N4O4. The van der Waals surface area contributed by atoms with Gasteiger partial charge in [-0.25, -0.2) is 4.79 Å². The van der Waals surface area contributed by atoms with Gasteiger partial charge in [0.1, 0.15) is 5.54 Å². The molecule has 1 saturated carbocycles.